The van der Waals surface area contributed by atoms with Crippen LogP contribution in [0.4, 0.5) is 0 Å². The molecule has 0 aromatic heterocycles. The maximum absolute atomic E-state index is 5.79. The molecule has 1 aliphatic rings. The van der Waals surface area contributed by atoms with E-state index in [0.717, 1.165) is 71.3 Å². The van der Waals surface area contributed by atoms with E-state index in [1.165, 1.54) is 0 Å². The number of ether oxygens (including phenoxy) is 2. The third-order valence-corrected chi connectivity index (χ3v) is 4.15. The highest BCUT2D eigenvalue weighted by Crippen LogP contribution is 2.15. The van der Waals surface area contributed by atoms with E-state index in [1.54, 1.807) is 0 Å². The van der Waals surface area contributed by atoms with Gasteiger partial charge in [0.25, 0.3) is 0 Å². The minimum absolute atomic E-state index is 0.202. The Labute approximate surface area is 148 Å². The van der Waals surface area contributed by atoms with Gasteiger partial charge in [-0.05, 0) is 44.7 Å². The zero-order valence-corrected chi connectivity index (χ0v) is 16.4. The van der Waals surface area contributed by atoms with Crippen molar-refractivity contribution in [3.8, 4) is 0 Å². The molecule has 1 heterocycles. The fourth-order valence-electron chi connectivity index (χ4n) is 3.00. The average Bonchev–Trinajstić information content (AvgIpc) is 2.53. The Hall–Kier alpha value is -0.850. The number of hydrogen-bond acceptors (Lipinski definition) is 4. The smallest absolute Gasteiger partial charge is 0.190 e. The zero-order chi connectivity index (χ0) is 17.8. The van der Waals surface area contributed by atoms with Crippen LogP contribution in [-0.4, -0.2) is 78.1 Å². The Kier molecular flexibility index (Phi) is 10.3. The van der Waals surface area contributed by atoms with Crippen molar-refractivity contribution in [3.63, 3.8) is 0 Å². The number of nitrogens with one attached hydrogen (secondary N) is 2. The first-order chi connectivity index (χ1) is 11.4. The normalized spacial score (nSPS) is 17.3. The molecule has 0 aromatic carbocycles. The van der Waals surface area contributed by atoms with E-state index in [4.69, 9.17) is 9.47 Å². The topological polar surface area (TPSA) is 58.1 Å². The molecule has 6 nitrogen and oxygen atoms in total. The van der Waals surface area contributed by atoms with Gasteiger partial charge in [0, 0.05) is 53.1 Å². The van der Waals surface area contributed by atoms with Crippen molar-refractivity contribution in [2.45, 2.75) is 33.1 Å². The van der Waals surface area contributed by atoms with E-state index in [1.807, 2.05) is 7.05 Å². The molecule has 0 amide bonds. The first-order valence-electron chi connectivity index (χ1n) is 9.18. The van der Waals surface area contributed by atoms with Crippen molar-refractivity contribution in [2.75, 3.05) is 67.2 Å². The molecule has 6 heteroatoms. The fourth-order valence-corrected chi connectivity index (χ4v) is 3.00. The highest BCUT2D eigenvalue weighted by molar-refractivity contribution is 5.79. The predicted molar refractivity (Wildman–Crippen MR) is 101 cm³/mol. The van der Waals surface area contributed by atoms with E-state index < -0.39 is 0 Å². The maximum Gasteiger partial charge on any atom is 0.190 e. The second-order valence-electron chi connectivity index (χ2n) is 7.74. The van der Waals surface area contributed by atoms with Gasteiger partial charge in [-0.2, -0.15) is 0 Å². The van der Waals surface area contributed by atoms with Crippen molar-refractivity contribution < 1.29 is 9.47 Å². The summed E-state index contributed by atoms with van der Waals surface area (Å²) < 4.78 is 11.1. The Balaban J connectivity index is 2.07. The van der Waals surface area contributed by atoms with E-state index in [0.29, 0.717) is 5.92 Å². The molecule has 24 heavy (non-hydrogen) atoms. The number of nitrogens with zero attached hydrogens (tertiary/aromatic N) is 2. The molecular formula is C18H38N4O2. The van der Waals surface area contributed by atoms with Gasteiger partial charge in [0.2, 0.25) is 0 Å². The van der Waals surface area contributed by atoms with Gasteiger partial charge in [-0.15, -0.1) is 0 Å². The van der Waals surface area contributed by atoms with Crippen LogP contribution < -0.4 is 10.6 Å². The van der Waals surface area contributed by atoms with Gasteiger partial charge in [-0.3, -0.25) is 4.99 Å². The lowest BCUT2D eigenvalue weighted by Crippen LogP contribution is -2.45. The van der Waals surface area contributed by atoms with Crippen molar-refractivity contribution in [1.29, 1.82) is 0 Å². The van der Waals surface area contributed by atoms with Crippen molar-refractivity contribution in [1.82, 2.24) is 15.5 Å². The van der Waals surface area contributed by atoms with E-state index in [9.17, 15) is 0 Å². The van der Waals surface area contributed by atoms with Crippen LogP contribution in [0.1, 0.15) is 33.1 Å². The standard InChI is InChI=1S/C18H38N4O2/c1-18(2,15-22(4)5)14-21-17(19-3)20-9-6-10-24-13-16-7-11-23-12-8-16/h16H,6-15H2,1-5H3,(H2,19,20,21). The molecule has 1 saturated heterocycles. The lowest BCUT2D eigenvalue weighted by molar-refractivity contribution is 0.0203. The Morgan fingerprint density at radius 3 is 2.58 bits per heavy atom. The van der Waals surface area contributed by atoms with Gasteiger partial charge in [0.05, 0.1) is 0 Å². The van der Waals surface area contributed by atoms with Crippen molar-refractivity contribution in [2.24, 2.45) is 16.3 Å². The monoisotopic (exact) mass is 342 g/mol. The summed E-state index contributed by atoms with van der Waals surface area (Å²) in [6, 6.07) is 0. The molecule has 0 aliphatic carbocycles. The molecular weight excluding hydrogens is 304 g/mol. The quantitative estimate of drug-likeness (QED) is 0.359. The summed E-state index contributed by atoms with van der Waals surface area (Å²) in [5, 5.41) is 6.77. The van der Waals surface area contributed by atoms with Gasteiger partial charge in [-0.25, -0.2) is 0 Å². The third kappa shape index (κ3) is 10.1. The number of rotatable bonds is 10. The maximum atomic E-state index is 5.79. The lowest BCUT2D eigenvalue weighted by atomic mass is 9.93. The van der Waals surface area contributed by atoms with Crippen LogP contribution >= 0.6 is 0 Å². The molecule has 0 bridgehead atoms. The highest BCUT2D eigenvalue weighted by atomic mass is 16.5. The summed E-state index contributed by atoms with van der Waals surface area (Å²) in [5.74, 6) is 1.55. The first-order valence-corrected chi connectivity index (χ1v) is 9.18. The van der Waals surface area contributed by atoms with E-state index in [2.05, 4.69) is 48.5 Å². The molecule has 1 aliphatic heterocycles. The van der Waals surface area contributed by atoms with Gasteiger partial charge >= 0.3 is 0 Å². The first kappa shape index (κ1) is 21.2. The second kappa shape index (κ2) is 11.7. The molecule has 1 fully saturated rings. The molecule has 0 radical (unpaired) electrons. The Morgan fingerprint density at radius 2 is 1.96 bits per heavy atom. The summed E-state index contributed by atoms with van der Waals surface area (Å²) in [6.07, 6.45) is 3.26. The van der Waals surface area contributed by atoms with Crippen LogP contribution in [0.5, 0.6) is 0 Å². The molecule has 0 aromatic rings. The minimum Gasteiger partial charge on any atom is -0.381 e. The van der Waals surface area contributed by atoms with Gasteiger partial charge in [0.15, 0.2) is 5.96 Å². The highest BCUT2D eigenvalue weighted by Gasteiger charge is 2.19. The Bertz CT molecular complexity index is 353. The average molecular weight is 343 g/mol. The van der Waals surface area contributed by atoms with Crippen LogP contribution in [0.15, 0.2) is 4.99 Å². The molecule has 0 atom stereocenters. The SMILES string of the molecule is CN=C(NCCCOCC1CCOCC1)NCC(C)(C)CN(C)C. The van der Waals surface area contributed by atoms with Crippen LogP contribution in [0, 0.1) is 11.3 Å². The summed E-state index contributed by atoms with van der Waals surface area (Å²) in [6.45, 7) is 10.8. The van der Waals surface area contributed by atoms with E-state index in [-0.39, 0.29) is 5.41 Å². The molecule has 0 saturated carbocycles. The second-order valence-corrected chi connectivity index (χ2v) is 7.74. The summed E-state index contributed by atoms with van der Waals surface area (Å²) in [4.78, 5) is 6.50. The summed E-state index contributed by atoms with van der Waals surface area (Å²) in [5.41, 5.74) is 0.202. The van der Waals surface area contributed by atoms with Crippen LogP contribution in [0.25, 0.3) is 0 Å². The number of hydrogen-bond donors (Lipinski definition) is 2. The largest absolute Gasteiger partial charge is 0.381 e. The Morgan fingerprint density at radius 1 is 1.25 bits per heavy atom. The molecule has 0 spiro atoms. The van der Waals surface area contributed by atoms with Crippen molar-refractivity contribution >= 4 is 5.96 Å². The zero-order valence-electron chi connectivity index (χ0n) is 16.4. The van der Waals surface area contributed by atoms with Crippen LogP contribution in [0.3, 0.4) is 0 Å². The molecule has 1 rings (SSSR count). The number of guanidine groups is 1. The third-order valence-electron chi connectivity index (χ3n) is 4.15. The van der Waals surface area contributed by atoms with Crippen LogP contribution in [0.2, 0.25) is 0 Å². The van der Waals surface area contributed by atoms with Gasteiger partial charge < -0.3 is 25.0 Å². The predicted octanol–water partition coefficient (Wildman–Crippen LogP) is 1.57. The summed E-state index contributed by atoms with van der Waals surface area (Å²) in [7, 11) is 6.03. The molecule has 142 valence electrons. The summed E-state index contributed by atoms with van der Waals surface area (Å²) >= 11 is 0. The molecule has 2 N–H and O–H groups in total. The van der Waals surface area contributed by atoms with Gasteiger partial charge in [-0.1, -0.05) is 13.8 Å². The van der Waals surface area contributed by atoms with Crippen LogP contribution in [-0.2, 0) is 9.47 Å². The lowest BCUT2D eigenvalue weighted by Gasteiger charge is -2.29. The van der Waals surface area contributed by atoms with Crippen molar-refractivity contribution in [3.05, 3.63) is 0 Å². The van der Waals surface area contributed by atoms with E-state index >= 15 is 0 Å². The number of aliphatic imine (C=N–C) groups is 1. The molecule has 0 unspecified atom stereocenters. The fraction of sp³-hybridized carbons (Fsp3) is 0.944. The van der Waals surface area contributed by atoms with Gasteiger partial charge in [0.1, 0.15) is 0 Å². The minimum atomic E-state index is 0.202.